The van der Waals surface area contributed by atoms with Crippen LogP contribution in [0, 0.1) is 25.2 Å². The Morgan fingerprint density at radius 2 is 1.83 bits per heavy atom. The van der Waals surface area contributed by atoms with Crippen molar-refractivity contribution in [3.05, 3.63) is 52.6 Å². The van der Waals surface area contributed by atoms with Gasteiger partial charge in [0.1, 0.15) is 11.6 Å². The summed E-state index contributed by atoms with van der Waals surface area (Å²) in [6.07, 6.45) is 6.83. The molecule has 0 spiro atoms. The summed E-state index contributed by atoms with van der Waals surface area (Å²) in [7, 11) is 0. The fourth-order valence-corrected chi connectivity index (χ4v) is 3.57. The van der Waals surface area contributed by atoms with Crippen LogP contribution in [0.25, 0.3) is 0 Å². The first-order valence-electron chi connectivity index (χ1n) is 10.2. The molecular weight excluding hydrogens is 364 g/mol. The highest BCUT2D eigenvalue weighted by atomic mass is 16.5. The zero-order valence-electron chi connectivity index (χ0n) is 17.5. The maximum absolute atomic E-state index is 12.5. The second kappa shape index (κ2) is 9.04. The molecule has 2 aromatic rings. The molecule has 0 unspecified atom stereocenters. The molecule has 1 aliphatic rings. The highest BCUT2D eigenvalue weighted by Crippen LogP contribution is 2.29. The Morgan fingerprint density at radius 1 is 1.17 bits per heavy atom. The van der Waals surface area contributed by atoms with Crippen LogP contribution in [0.4, 0.5) is 0 Å². The number of hydrogen-bond donors (Lipinski definition) is 1. The first-order valence-corrected chi connectivity index (χ1v) is 10.2. The number of ether oxygens (including phenoxy) is 1. The van der Waals surface area contributed by atoms with Gasteiger partial charge in [-0.3, -0.25) is 4.79 Å². The van der Waals surface area contributed by atoms with Gasteiger partial charge in [-0.1, -0.05) is 13.8 Å². The normalized spacial score (nSPS) is 18.9. The maximum atomic E-state index is 12.5. The van der Waals surface area contributed by atoms with Crippen LogP contribution in [-0.2, 0) is 0 Å². The Morgan fingerprint density at radius 3 is 2.41 bits per heavy atom. The van der Waals surface area contributed by atoms with Crippen LogP contribution in [0.3, 0.4) is 0 Å². The minimum absolute atomic E-state index is 0. The predicted octanol–water partition coefficient (Wildman–Crippen LogP) is 4.45. The summed E-state index contributed by atoms with van der Waals surface area (Å²) >= 11 is 0. The molecule has 6 heteroatoms. The van der Waals surface area contributed by atoms with Gasteiger partial charge in [-0.25, -0.2) is 9.97 Å². The van der Waals surface area contributed by atoms with Crippen molar-refractivity contribution in [3.8, 4) is 11.8 Å². The zero-order chi connectivity index (χ0) is 21.0. The molecule has 29 heavy (non-hydrogen) atoms. The van der Waals surface area contributed by atoms with Gasteiger partial charge in [0.15, 0.2) is 0 Å². The van der Waals surface area contributed by atoms with Gasteiger partial charge in [0.05, 0.1) is 23.3 Å². The standard InChI is InChI=1S/C23H28N4O2.H2/c1-14(2)22-25-12-18(13-26-22)23(28)27-19-6-8-20(9-7-19)29-21-10-5-17(11-24)15(3)16(21)4;/h5,10,12-14,19-20H,6-9H2,1-4H3,(H,27,28);1H. The molecule has 0 bridgehead atoms. The molecule has 3 rings (SSSR count). The average Bonchev–Trinajstić information content (AvgIpc) is 2.73. The van der Waals surface area contributed by atoms with E-state index in [4.69, 9.17) is 10.00 Å². The van der Waals surface area contributed by atoms with E-state index in [1.165, 1.54) is 0 Å². The number of aromatic nitrogens is 2. The summed E-state index contributed by atoms with van der Waals surface area (Å²) in [5.74, 6) is 1.71. The van der Waals surface area contributed by atoms with Crippen molar-refractivity contribution >= 4 is 5.91 Å². The van der Waals surface area contributed by atoms with Gasteiger partial charge < -0.3 is 10.1 Å². The monoisotopic (exact) mass is 394 g/mol. The minimum atomic E-state index is -0.122. The molecule has 1 aromatic carbocycles. The lowest BCUT2D eigenvalue weighted by Gasteiger charge is -2.30. The fourth-order valence-electron chi connectivity index (χ4n) is 3.57. The molecule has 1 fully saturated rings. The Kier molecular flexibility index (Phi) is 6.48. The van der Waals surface area contributed by atoms with Gasteiger partial charge in [-0.05, 0) is 62.8 Å². The van der Waals surface area contributed by atoms with Crippen molar-refractivity contribution in [3.63, 3.8) is 0 Å². The van der Waals surface area contributed by atoms with Crippen molar-refractivity contribution in [2.45, 2.75) is 71.4 Å². The van der Waals surface area contributed by atoms with Crippen molar-refractivity contribution < 1.29 is 11.0 Å². The first kappa shape index (κ1) is 20.8. The van der Waals surface area contributed by atoms with Crippen LogP contribution in [0.15, 0.2) is 24.5 Å². The van der Waals surface area contributed by atoms with E-state index in [-0.39, 0.29) is 25.4 Å². The minimum Gasteiger partial charge on any atom is -0.490 e. The number of nitriles is 1. The summed E-state index contributed by atoms with van der Waals surface area (Å²) in [6, 6.07) is 6.04. The predicted molar refractivity (Wildman–Crippen MR) is 113 cm³/mol. The van der Waals surface area contributed by atoms with E-state index in [1.807, 2.05) is 39.8 Å². The van der Waals surface area contributed by atoms with E-state index in [9.17, 15) is 4.79 Å². The smallest absolute Gasteiger partial charge is 0.254 e. The second-order valence-corrected chi connectivity index (χ2v) is 8.02. The zero-order valence-corrected chi connectivity index (χ0v) is 17.5. The molecule has 1 amide bonds. The van der Waals surface area contributed by atoms with Gasteiger partial charge in [0, 0.05) is 25.8 Å². The van der Waals surface area contributed by atoms with Gasteiger partial charge in [0.25, 0.3) is 5.91 Å². The van der Waals surface area contributed by atoms with Crippen LogP contribution >= 0.6 is 0 Å². The summed E-state index contributed by atoms with van der Waals surface area (Å²) in [5.41, 5.74) is 3.17. The molecule has 154 valence electrons. The van der Waals surface area contributed by atoms with E-state index >= 15 is 0 Å². The van der Waals surface area contributed by atoms with Gasteiger partial charge in [-0.15, -0.1) is 0 Å². The number of amides is 1. The van der Waals surface area contributed by atoms with Crippen molar-refractivity contribution in [1.82, 2.24) is 15.3 Å². The third-order valence-electron chi connectivity index (χ3n) is 5.61. The number of carbonyl (C=O) groups excluding carboxylic acids is 1. The number of nitrogens with zero attached hydrogens (tertiary/aromatic N) is 3. The number of benzene rings is 1. The molecule has 1 saturated carbocycles. The summed E-state index contributed by atoms with van der Waals surface area (Å²) in [4.78, 5) is 21.0. The molecule has 0 atom stereocenters. The summed E-state index contributed by atoms with van der Waals surface area (Å²) < 4.78 is 6.20. The highest BCUT2D eigenvalue weighted by Gasteiger charge is 2.25. The molecule has 1 aromatic heterocycles. The lowest BCUT2D eigenvalue weighted by atomic mass is 9.92. The van der Waals surface area contributed by atoms with Crippen LogP contribution in [-0.4, -0.2) is 28.0 Å². The quantitative estimate of drug-likeness (QED) is 0.809. The van der Waals surface area contributed by atoms with Gasteiger partial charge in [-0.2, -0.15) is 5.26 Å². The largest absolute Gasteiger partial charge is 0.490 e. The average molecular weight is 395 g/mol. The van der Waals surface area contributed by atoms with E-state index in [0.717, 1.165) is 48.4 Å². The second-order valence-electron chi connectivity index (χ2n) is 8.02. The van der Waals surface area contributed by atoms with Crippen molar-refractivity contribution in [2.24, 2.45) is 0 Å². The summed E-state index contributed by atoms with van der Waals surface area (Å²) in [6.45, 7) is 7.99. The van der Waals surface area contributed by atoms with Crippen molar-refractivity contribution in [1.29, 1.82) is 5.26 Å². The molecule has 1 N–H and O–H groups in total. The lowest BCUT2D eigenvalue weighted by Crippen LogP contribution is -2.39. The first-order chi connectivity index (χ1) is 13.9. The van der Waals surface area contributed by atoms with E-state index in [0.29, 0.717) is 11.1 Å². The number of hydrogen-bond acceptors (Lipinski definition) is 5. The molecule has 0 aliphatic heterocycles. The third-order valence-corrected chi connectivity index (χ3v) is 5.61. The van der Waals surface area contributed by atoms with Crippen LogP contribution in [0.5, 0.6) is 5.75 Å². The van der Waals surface area contributed by atoms with E-state index in [2.05, 4.69) is 21.4 Å². The van der Waals surface area contributed by atoms with Crippen LogP contribution in [0.1, 0.15) is 79.7 Å². The van der Waals surface area contributed by atoms with E-state index in [1.54, 1.807) is 12.4 Å². The maximum Gasteiger partial charge on any atom is 0.254 e. The van der Waals surface area contributed by atoms with E-state index < -0.39 is 0 Å². The Bertz CT molecular complexity index is 914. The molecule has 0 radical (unpaired) electrons. The Labute approximate surface area is 173 Å². The lowest BCUT2D eigenvalue weighted by molar-refractivity contribution is 0.0892. The number of carbonyl (C=O) groups is 1. The van der Waals surface area contributed by atoms with Gasteiger partial charge in [0.2, 0.25) is 0 Å². The van der Waals surface area contributed by atoms with Gasteiger partial charge >= 0.3 is 0 Å². The number of rotatable bonds is 5. The third kappa shape index (κ3) is 4.92. The fraction of sp³-hybridized carbons (Fsp3) is 0.478. The molecule has 1 heterocycles. The molecule has 1 aliphatic carbocycles. The SMILES string of the molecule is Cc1c(C#N)ccc(OC2CCC(NC(=O)c3cnc(C(C)C)nc3)CC2)c1C.[HH]. The Hall–Kier alpha value is -2.94. The summed E-state index contributed by atoms with van der Waals surface area (Å²) in [5, 5.41) is 12.2. The highest BCUT2D eigenvalue weighted by molar-refractivity contribution is 5.93. The topological polar surface area (TPSA) is 87.9 Å². The van der Waals surface area contributed by atoms with Crippen LogP contribution < -0.4 is 10.1 Å². The molecule has 0 saturated heterocycles. The molecular formula is C23H30N4O2. The van der Waals surface area contributed by atoms with Crippen molar-refractivity contribution in [2.75, 3.05) is 0 Å². The molecule has 6 nitrogen and oxygen atoms in total. The van der Waals surface area contributed by atoms with Crippen LogP contribution in [0.2, 0.25) is 0 Å². The Balaban J connectivity index is 0.00000320. The number of nitrogens with one attached hydrogen (secondary N) is 1.